The molecule has 0 aromatic heterocycles. The third-order valence-corrected chi connectivity index (χ3v) is 11.9. The highest BCUT2D eigenvalue weighted by Crippen LogP contribution is 2.57. The van der Waals surface area contributed by atoms with Crippen LogP contribution in [0.3, 0.4) is 0 Å². The van der Waals surface area contributed by atoms with Gasteiger partial charge in [0.2, 0.25) is 0 Å². The van der Waals surface area contributed by atoms with Crippen molar-refractivity contribution in [3.63, 3.8) is 0 Å². The van der Waals surface area contributed by atoms with Gasteiger partial charge in [-0.05, 0) is 38.6 Å². The van der Waals surface area contributed by atoms with E-state index >= 15 is 0 Å². The summed E-state index contributed by atoms with van der Waals surface area (Å²) in [7, 11) is 2.14. The van der Waals surface area contributed by atoms with Crippen LogP contribution < -0.4 is 30.7 Å². The first-order valence-corrected chi connectivity index (χ1v) is 13.5. The monoisotopic (exact) mass is 458 g/mol. The Balaban J connectivity index is 1.92. The van der Waals surface area contributed by atoms with E-state index in [0.29, 0.717) is 5.40 Å². The van der Waals surface area contributed by atoms with Gasteiger partial charge in [0.25, 0.3) is 0 Å². The molecular weight excluding hydrogens is 430 g/mol. The minimum atomic E-state index is -0.694. The van der Waals surface area contributed by atoms with Gasteiger partial charge >= 0.3 is 0 Å². The fraction of sp³-hybridized carbons (Fsp3) is 0.143. The fourth-order valence-electron chi connectivity index (χ4n) is 4.06. The molecule has 32 heavy (non-hydrogen) atoms. The van der Waals surface area contributed by atoms with Crippen molar-refractivity contribution in [2.45, 2.75) is 12.3 Å². The van der Waals surface area contributed by atoms with Crippen molar-refractivity contribution < 1.29 is 9.47 Å². The van der Waals surface area contributed by atoms with E-state index in [1.54, 1.807) is 14.2 Å². The van der Waals surface area contributed by atoms with E-state index in [-0.39, 0.29) is 0 Å². The van der Waals surface area contributed by atoms with Gasteiger partial charge in [-0.2, -0.15) is 0 Å². The van der Waals surface area contributed by atoms with Gasteiger partial charge in [0.15, 0.2) is 0 Å². The van der Waals surface area contributed by atoms with Crippen molar-refractivity contribution in [2.75, 3.05) is 14.2 Å². The van der Waals surface area contributed by atoms with Gasteiger partial charge in [-0.15, -0.1) is 0 Å². The van der Waals surface area contributed by atoms with Crippen molar-refractivity contribution in [2.24, 2.45) is 0 Å². The fourth-order valence-corrected chi connectivity index (χ4v) is 11.0. The zero-order valence-electron chi connectivity index (χ0n) is 18.7. The topological polar surface area (TPSA) is 18.5 Å². The lowest BCUT2D eigenvalue weighted by Crippen LogP contribution is -2.27. The highest BCUT2D eigenvalue weighted by atomic mass is 31.2. The summed E-state index contributed by atoms with van der Waals surface area (Å²) in [6.07, 6.45) is 0. The Hall–Kier alpha value is -2.66. The molecule has 162 valence electrons. The Bertz CT molecular complexity index is 1040. The summed E-state index contributed by atoms with van der Waals surface area (Å²) >= 11 is 0. The highest BCUT2D eigenvalue weighted by Gasteiger charge is 2.33. The Morgan fingerprint density at radius 1 is 0.500 bits per heavy atom. The van der Waals surface area contributed by atoms with Gasteiger partial charge in [0.1, 0.15) is 11.5 Å². The maximum absolute atomic E-state index is 5.83. The summed E-state index contributed by atoms with van der Waals surface area (Å²) in [4.78, 5) is 0. The number of methoxy groups -OCH3 is 2. The largest absolute Gasteiger partial charge is 0.496 e. The predicted molar refractivity (Wildman–Crippen MR) is 141 cm³/mol. The summed E-state index contributed by atoms with van der Waals surface area (Å²) < 4.78 is 11.7. The number of para-hydroxylation sites is 2. The molecule has 0 fully saturated rings. The second kappa shape index (κ2) is 10.8. The lowest BCUT2D eigenvalue weighted by Gasteiger charge is -2.34. The molecule has 2 nitrogen and oxygen atoms in total. The third kappa shape index (κ3) is 4.73. The van der Waals surface area contributed by atoms with Crippen LogP contribution >= 0.6 is 15.8 Å². The molecule has 0 heterocycles. The van der Waals surface area contributed by atoms with E-state index in [0.717, 1.165) is 11.5 Å². The van der Waals surface area contributed by atoms with E-state index in [4.69, 9.17) is 9.47 Å². The zero-order valence-corrected chi connectivity index (χ0v) is 20.5. The molecule has 2 unspecified atom stereocenters. The molecule has 0 aliphatic carbocycles. The summed E-state index contributed by atoms with van der Waals surface area (Å²) in [6.45, 7) is 2.40. The van der Waals surface area contributed by atoms with Crippen molar-refractivity contribution in [1.29, 1.82) is 0 Å². The molecule has 0 spiro atoms. The average molecular weight is 458 g/mol. The van der Waals surface area contributed by atoms with Gasteiger partial charge in [-0.25, -0.2) is 0 Å². The highest BCUT2D eigenvalue weighted by molar-refractivity contribution is 7.89. The first kappa shape index (κ1) is 22.5. The number of hydrogen-bond acceptors (Lipinski definition) is 2. The Kier molecular flexibility index (Phi) is 7.59. The molecule has 0 aliphatic rings. The Labute approximate surface area is 193 Å². The zero-order chi connectivity index (χ0) is 22.3. The Morgan fingerprint density at radius 2 is 0.844 bits per heavy atom. The summed E-state index contributed by atoms with van der Waals surface area (Å²) in [5.41, 5.74) is 0. The van der Waals surface area contributed by atoms with Gasteiger partial charge in [-0.1, -0.05) is 104 Å². The lowest BCUT2D eigenvalue weighted by molar-refractivity contribution is 0.418. The molecule has 3 atom stereocenters. The SMILES string of the molecule is COc1ccccc1P(c1ccccc1)C(C)[P@](c1ccccc1)c1ccccc1OC. The van der Waals surface area contributed by atoms with Gasteiger partial charge in [0, 0.05) is 16.0 Å². The number of rotatable bonds is 8. The molecule has 0 saturated heterocycles. The van der Waals surface area contributed by atoms with Crippen LogP contribution in [-0.2, 0) is 0 Å². The minimum Gasteiger partial charge on any atom is -0.496 e. The smallest absolute Gasteiger partial charge is 0.126 e. The maximum Gasteiger partial charge on any atom is 0.126 e. The number of ether oxygens (including phenoxy) is 2. The molecule has 0 amide bonds. The van der Waals surface area contributed by atoms with Gasteiger partial charge < -0.3 is 9.47 Å². The summed E-state index contributed by atoms with van der Waals surface area (Å²) in [6, 6.07) is 38.7. The van der Waals surface area contributed by atoms with Crippen LogP contribution in [0.5, 0.6) is 11.5 Å². The number of benzene rings is 4. The van der Waals surface area contributed by atoms with Crippen molar-refractivity contribution in [3.05, 3.63) is 109 Å². The summed E-state index contributed by atoms with van der Waals surface area (Å²) in [5, 5.41) is 5.64. The van der Waals surface area contributed by atoms with Crippen LogP contribution in [0, 0.1) is 0 Å². The number of hydrogen-bond donors (Lipinski definition) is 0. The molecule has 4 aromatic carbocycles. The van der Waals surface area contributed by atoms with Crippen LogP contribution in [-0.4, -0.2) is 19.6 Å². The average Bonchev–Trinajstić information content (AvgIpc) is 2.86. The molecule has 4 aromatic rings. The summed E-state index contributed by atoms with van der Waals surface area (Å²) in [5.74, 6) is 1.91. The van der Waals surface area contributed by atoms with Crippen LogP contribution in [0.1, 0.15) is 6.92 Å². The Morgan fingerprint density at radius 3 is 1.22 bits per heavy atom. The van der Waals surface area contributed by atoms with E-state index in [1.165, 1.54) is 21.2 Å². The van der Waals surface area contributed by atoms with Gasteiger partial charge in [-0.3, -0.25) is 0 Å². The molecule has 0 saturated carbocycles. The van der Waals surface area contributed by atoms with Crippen molar-refractivity contribution >= 4 is 37.1 Å². The lowest BCUT2D eigenvalue weighted by atomic mass is 10.3. The minimum absolute atomic E-state index is 0.359. The normalized spacial score (nSPS) is 13.7. The van der Waals surface area contributed by atoms with E-state index in [1.807, 2.05) is 12.1 Å². The maximum atomic E-state index is 5.83. The quantitative estimate of drug-likeness (QED) is 0.319. The van der Waals surface area contributed by atoms with Crippen molar-refractivity contribution in [1.82, 2.24) is 0 Å². The first-order valence-electron chi connectivity index (χ1n) is 10.7. The van der Waals surface area contributed by atoms with Crippen LogP contribution in [0.4, 0.5) is 0 Å². The second-order valence-corrected chi connectivity index (χ2v) is 12.8. The van der Waals surface area contributed by atoms with Crippen LogP contribution in [0.15, 0.2) is 109 Å². The van der Waals surface area contributed by atoms with Crippen molar-refractivity contribution in [3.8, 4) is 11.5 Å². The molecular formula is C28H28O2P2. The van der Waals surface area contributed by atoms with Crippen LogP contribution in [0.25, 0.3) is 0 Å². The molecule has 4 heteroatoms. The standard InChI is InChI=1S/C28H28O2P2/c1-22(31(23-14-6-4-7-15-23)27-20-12-10-18-25(27)29-2)32(24-16-8-5-9-17-24)28-21-13-11-19-26(28)30-3/h4-22H,1-3H3/t22?,31-,32?/m1/s1. The first-order chi connectivity index (χ1) is 15.7. The van der Waals surface area contributed by atoms with E-state index in [2.05, 4.69) is 104 Å². The third-order valence-electron chi connectivity index (χ3n) is 5.51. The molecule has 4 rings (SSSR count). The van der Waals surface area contributed by atoms with E-state index in [9.17, 15) is 0 Å². The molecule has 0 bridgehead atoms. The molecule has 0 radical (unpaired) electrons. The second-order valence-electron chi connectivity index (χ2n) is 7.39. The van der Waals surface area contributed by atoms with E-state index < -0.39 is 15.8 Å². The van der Waals surface area contributed by atoms with Gasteiger partial charge in [0.05, 0.1) is 14.2 Å². The molecule has 0 N–H and O–H groups in total. The molecule has 0 aliphatic heterocycles. The predicted octanol–water partition coefficient (Wildman–Crippen LogP) is 5.62. The van der Waals surface area contributed by atoms with Crippen LogP contribution in [0.2, 0.25) is 0 Å².